The van der Waals surface area contributed by atoms with Crippen molar-refractivity contribution < 1.29 is 29.9 Å². The minimum Gasteiger partial charge on any atom is -0.870 e. The van der Waals surface area contributed by atoms with Crippen LogP contribution in [0.1, 0.15) is 51.7 Å². The smallest absolute Gasteiger partial charge is 0.309 e. The summed E-state index contributed by atoms with van der Waals surface area (Å²) in [6.07, 6.45) is 13.8. The number of halogens is 2. The molecule has 7 nitrogen and oxygen atoms in total. The summed E-state index contributed by atoms with van der Waals surface area (Å²) in [7, 11) is 0. The van der Waals surface area contributed by atoms with Crippen LogP contribution in [0.2, 0.25) is 10.0 Å². The molecule has 0 amide bonds. The van der Waals surface area contributed by atoms with E-state index in [1.165, 1.54) is 0 Å². The van der Waals surface area contributed by atoms with Crippen molar-refractivity contribution in [2.24, 2.45) is 0 Å². The molecule has 2 heterocycles. The Morgan fingerprint density at radius 1 is 0.833 bits per heavy atom. The Hall–Kier alpha value is -3.65. The molecule has 0 atom stereocenters. The summed E-state index contributed by atoms with van der Waals surface area (Å²) in [5, 5.41) is 19.9. The van der Waals surface area contributed by atoms with Gasteiger partial charge >= 0.3 is 11.9 Å². The van der Waals surface area contributed by atoms with Gasteiger partial charge in [0.2, 0.25) is 5.69 Å². The highest BCUT2D eigenvalue weighted by molar-refractivity contribution is 6.31. The van der Waals surface area contributed by atoms with Crippen molar-refractivity contribution in [1.82, 2.24) is 0 Å². The lowest BCUT2D eigenvalue weighted by molar-refractivity contribution is -0.436. The Bertz CT molecular complexity index is 1530. The van der Waals surface area contributed by atoms with E-state index in [0.717, 1.165) is 33.9 Å². The molecule has 2 aromatic rings. The fraction of sp³-hybridized carbons (Fsp3) is 0.303. The zero-order chi connectivity index (χ0) is 29.9. The van der Waals surface area contributed by atoms with Gasteiger partial charge in [-0.05, 0) is 55.8 Å². The van der Waals surface area contributed by atoms with Crippen molar-refractivity contribution in [1.29, 1.82) is 0 Å². The van der Waals surface area contributed by atoms with E-state index in [9.17, 15) is 19.8 Å². The number of nitrogens with zero attached hydrogens (tertiary/aromatic N) is 2. The van der Waals surface area contributed by atoms with E-state index < -0.39 is 11.9 Å². The summed E-state index contributed by atoms with van der Waals surface area (Å²) in [5.74, 6) is -1.68. The van der Waals surface area contributed by atoms with Gasteiger partial charge in [-0.1, -0.05) is 67.4 Å². The lowest BCUT2D eigenvalue weighted by Gasteiger charge is -2.26. The SMILES string of the molecule is CC1(C)C(=CC=CC=CC=CC2=[N+](CCC(=O)O)c3ccc(Cl)cc3C2(C)C)N(CCC(=O)O)c2ccc(Cl)cc21.[OH-]. The standard InChI is InChI=1S/C33H34Cl2N2O4.H2O/c1-32(2)24-20-22(34)12-14-26(24)36(18-16-30(38)39)28(32)10-8-6-5-7-9-11-29-33(3,4)25-21-23(35)13-15-27(25)37(29)19-17-31(40)41;/h5-15,20-21H,16-19H2,1-4H3,(H-,38,39,40,41);1H2. The molecule has 2 aromatic carbocycles. The Morgan fingerprint density at radius 3 is 2.10 bits per heavy atom. The molecule has 0 radical (unpaired) electrons. The first kappa shape index (κ1) is 32.9. The third-order valence-corrected chi connectivity index (χ3v) is 8.23. The number of anilines is 1. The van der Waals surface area contributed by atoms with Crippen LogP contribution >= 0.6 is 23.2 Å². The van der Waals surface area contributed by atoms with E-state index in [0.29, 0.717) is 23.1 Å². The monoisotopic (exact) mass is 610 g/mol. The van der Waals surface area contributed by atoms with Crippen LogP contribution in [0.25, 0.3) is 0 Å². The molecular weight excluding hydrogens is 575 g/mol. The predicted octanol–water partition coefficient (Wildman–Crippen LogP) is 7.49. The van der Waals surface area contributed by atoms with Crippen LogP contribution < -0.4 is 4.90 Å². The number of rotatable bonds is 10. The Kier molecular flexibility index (Phi) is 10.3. The van der Waals surface area contributed by atoms with Gasteiger partial charge in [0.25, 0.3) is 0 Å². The van der Waals surface area contributed by atoms with Gasteiger partial charge < -0.3 is 20.6 Å². The molecule has 0 spiro atoms. The van der Waals surface area contributed by atoms with Crippen molar-refractivity contribution >= 4 is 52.2 Å². The van der Waals surface area contributed by atoms with Gasteiger partial charge in [-0.2, -0.15) is 4.58 Å². The largest absolute Gasteiger partial charge is 0.870 e. The van der Waals surface area contributed by atoms with E-state index in [1.807, 2.05) is 78.9 Å². The van der Waals surface area contributed by atoms with Crippen molar-refractivity contribution in [2.45, 2.75) is 51.4 Å². The number of carbonyl (C=O) groups is 2. The van der Waals surface area contributed by atoms with Crippen LogP contribution in [0.15, 0.2) is 84.6 Å². The molecule has 0 fully saturated rings. The molecule has 2 aliphatic heterocycles. The summed E-state index contributed by atoms with van der Waals surface area (Å²) < 4.78 is 2.06. The van der Waals surface area contributed by atoms with Gasteiger partial charge in [0.05, 0.1) is 11.8 Å². The Morgan fingerprint density at radius 2 is 1.43 bits per heavy atom. The number of allylic oxidation sites excluding steroid dienone is 8. The maximum Gasteiger partial charge on any atom is 0.309 e. The summed E-state index contributed by atoms with van der Waals surface area (Å²) in [6.45, 7) is 9.19. The third kappa shape index (κ3) is 6.70. The molecule has 3 N–H and O–H groups in total. The summed E-state index contributed by atoms with van der Waals surface area (Å²) >= 11 is 12.6. The molecule has 0 aliphatic carbocycles. The number of carboxylic acids is 2. The number of benzene rings is 2. The van der Waals surface area contributed by atoms with Gasteiger partial charge in [0.15, 0.2) is 12.3 Å². The molecule has 0 saturated heterocycles. The molecule has 0 unspecified atom stereocenters. The van der Waals surface area contributed by atoms with E-state index in [1.54, 1.807) is 0 Å². The average molecular weight is 612 g/mol. The number of hydrogen-bond donors (Lipinski definition) is 2. The van der Waals surface area contributed by atoms with E-state index in [2.05, 4.69) is 37.2 Å². The maximum absolute atomic E-state index is 11.3. The molecular formula is C33H36Cl2N2O5. The lowest BCUT2D eigenvalue weighted by Crippen LogP contribution is -2.28. The molecule has 222 valence electrons. The van der Waals surface area contributed by atoms with Crippen molar-refractivity contribution in [3.05, 3.63) is 106 Å². The highest BCUT2D eigenvalue weighted by Crippen LogP contribution is 2.48. The second-order valence-corrected chi connectivity index (χ2v) is 12.1. The average Bonchev–Trinajstić information content (AvgIpc) is 3.23. The summed E-state index contributed by atoms with van der Waals surface area (Å²) in [5.41, 5.74) is 5.42. The molecule has 0 bridgehead atoms. The van der Waals surface area contributed by atoms with Gasteiger partial charge in [-0.25, -0.2) is 0 Å². The van der Waals surface area contributed by atoms with Crippen LogP contribution in [-0.2, 0) is 20.4 Å². The molecule has 0 saturated carbocycles. The zero-order valence-corrected chi connectivity index (χ0v) is 25.7. The second-order valence-electron chi connectivity index (χ2n) is 11.2. The van der Waals surface area contributed by atoms with Crippen molar-refractivity contribution in [3.63, 3.8) is 0 Å². The fourth-order valence-corrected chi connectivity index (χ4v) is 6.02. The van der Waals surface area contributed by atoms with Gasteiger partial charge in [0, 0.05) is 51.1 Å². The number of carboxylic acid groups (broad SMARTS) is 2. The molecule has 4 rings (SSSR count). The number of aliphatic carboxylic acids is 2. The molecule has 9 heteroatoms. The Labute approximate surface area is 256 Å². The van der Waals surface area contributed by atoms with Crippen molar-refractivity contribution in [3.8, 4) is 0 Å². The zero-order valence-electron chi connectivity index (χ0n) is 24.1. The van der Waals surface area contributed by atoms with E-state index in [4.69, 9.17) is 23.2 Å². The van der Waals surface area contributed by atoms with Crippen LogP contribution in [0.4, 0.5) is 11.4 Å². The minimum absolute atomic E-state index is 0. The first-order valence-electron chi connectivity index (χ1n) is 13.5. The Balaban J connectivity index is 0.00000484. The van der Waals surface area contributed by atoms with Crippen LogP contribution in [-0.4, -0.2) is 51.0 Å². The van der Waals surface area contributed by atoms with E-state index in [-0.39, 0.29) is 29.1 Å². The van der Waals surface area contributed by atoms with Gasteiger partial charge in [-0.3, -0.25) is 9.59 Å². The number of fused-ring (bicyclic) bond motifs is 2. The predicted molar refractivity (Wildman–Crippen MR) is 168 cm³/mol. The molecule has 2 aliphatic rings. The topological polar surface area (TPSA) is 111 Å². The van der Waals surface area contributed by atoms with E-state index >= 15 is 0 Å². The normalized spacial score (nSPS) is 17.9. The lowest BCUT2D eigenvalue weighted by atomic mass is 9.81. The second kappa shape index (κ2) is 13.1. The maximum atomic E-state index is 11.3. The first-order valence-corrected chi connectivity index (χ1v) is 14.3. The van der Waals surface area contributed by atoms with Gasteiger partial charge in [-0.15, -0.1) is 0 Å². The van der Waals surface area contributed by atoms with Crippen LogP contribution in [0, 0.1) is 0 Å². The fourth-order valence-electron chi connectivity index (χ4n) is 5.68. The molecule has 0 aromatic heterocycles. The third-order valence-electron chi connectivity index (χ3n) is 7.76. The highest BCUT2D eigenvalue weighted by atomic mass is 35.5. The summed E-state index contributed by atoms with van der Waals surface area (Å²) in [6, 6.07) is 11.5. The van der Waals surface area contributed by atoms with Crippen molar-refractivity contribution in [2.75, 3.05) is 18.0 Å². The number of hydrogen-bond acceptors (Lipinski definition) is 4. The highest BCUT2D eigenvalue weighted by Gasteiger charge is 2.44. The molecule has 42 heavy (non-hydrogen) atoms. The summed E-state index contributed by atoms with van der Waals surface area (Å²) in [4.78, 5) is 24.7. The minimum atomic E-state index is -0.842. The first-order chi connectivity index (χ1) is 19.3. The van der Waals surface area contributed by atoms with Crippen LogP contribution in [0.3, 0.4) is 0 Å². The van der Waals surface area contributed by atoms with Gasteiger partial charge in [0.1, 0.15) is 6.42 Å². The quantitative estimate of drug-likeness (QED) is 0.213. The van der Waals surface area contributed by atoms with Crippen LogP contribution in [0.5, 0.6) is 0 Å².